The van der Waals surface area contributed by atoms with Crippen LogP contribution in [-0.2, 0) is 11.8 Å². The van der Waals surface area contributed by atoms with E-state index in [0.717, 1.165) is 11.3 Å². The molecule has 0 radical (unpaired) electrons. The summed E-state index contributed by atoms with van der Waals surface area (Å²) in [7, 11) is 1.79. The first-order valence-corrected chi connectivity index (χ1v) is 6.43. The third-order valence-electron chi connectivity index (χ3n) is 3.35. The second kappa shape index (κ2) is 5.26. The van der Waals surface area contributed by atoms with Crippen LogP contribution >= 0.6 is 0 Å². The van der Waals surface area contributed by atoms with Gasteiger partial charge in [0.05, 0.1) is 11.9 Å². The number of amides is 1. The van der Waals surface area contributed by atoms with Gasteiger partial charge >= 0.3 is 0 Å². The van der Waals surface area contributed by atoms with Gasteiger partial charge in [0.15, 0.2) is 11.5 Å². The van der Waals surface area contributed by atoms with Crippen LogP contribution in [0.2, 0.25) is 0 Å². The van der Waals surface area contributed by atoms with Crippen LogP contribution in [0.5, 0.6) is 11.5 Å². The highest BCUT2D eigenvalue weighted by atomic mass is 16.7. The van der Waals surface area contributed by atoms with Crippen LogP contribution in [0, 0.1) is 11.3 Å². The number of nitrogens with two attached hydrogens (primary N) is 1. The Morgan fingerprint density at radius 2 is 2.23 bits per heavy atom. The maximum absolute atomic E-state index is 11.1. The van der Waals surface area contributed by atoms with Crippen molar-refractivity contribution < 1.29 is 14.3 Å². The van der Waals surface area contributed by atoms with Crippen LogP contribution in [0.4, 0.5) is 0 Å². The van der Waals surface area contributed by atoms with Gasteiger partial charge < -0.3 is 19.8 Å². The van der Waals surface area contributed by atoms with Crippen molar-refractivity contribution in [2.45, 2.75) is 0 Å². The number of hydrogen-bond acceptors (Lipinski definition) is 5. The van der Waals surface area contributed by atoms with Crippen LogP contribution in [0.15, 0.2) is 30.0 Å². The summed E-state index contributed by atoms with van der Waals surface area (Å²) < 4.78 is 12.4. The Bertz CT molecular complexity index is 830. The van der Waals surface area contributed by atoms with Crippen LogP contribution in [0.3, 0.4) is 0 Å². The molecule has 22 heavy (non-hydrogen) atoms. The number of benzene rings is 1. The fraction of sp³-hybridized carbons (Fsp3) is 0.133. The van der Waals surface area contributed by atoms with E-state index in [4.69, 9.17) is 20.5 Å². The van der Waals surface area contributed by atoms with Crippen molar-refractivity contribution in [3.05, 3.63) is 35.8 Å². The predicted molar refractivity (Wildman–Crippen MR) is 77.6 cm³/mol. The average Bonchev–Trinajstić information content (AvgIpc) is 3.10. The Morgan fingerprint density at radius 3 is 2.95 bits per heavy atom. The molecule has 0 spiro atoms. The molecule has 2 heterocycles. The molecule has 0 aliphatic carbocycles. The van der Waals surface area contributed by atoms with Gasteiger partial charge in [-0.15, -0.1) is 0 Å². The average molecular weight is 296 g/mol. The largest absolute Gasteiger partial charge is 0.454 e. The summed E-state index contributed by atoms with van der Waals surface area (Å²) in [6.07, 6.45) is 3.01. The zero-order valence-electron chi connectivity index (χ0n) is 11.7. The molecule has 0 saturated carbocycles. The van der Waals surface area contributed by atoms with Crippen molar-refractivity contribution in [1.29, 1.82) is 5.26 Å². The molecule has 0 fully saturated rings. The van der Waals surface area contributed by atoms with Gasteiger partial charge in [0.2, 0.25) is 6.79 Å². The number of carbonyl (C=O) groups excluding carboxylic acids is 1. The van der Waals surface area contributed by atoms with E-state index in [1.165, 1.54) is 6.08 Å². The molecule has 3 rings (SSSR count). The smallest absolute Gasteiger partial charge is 0.259 e. The van der Waals surface area contributed by atoms with Crippen LogP contribution in [0.25, 0.3) is 17.3 Å². The molecule has 1 aliphatic rings. The number of carbonyl (C=O) groups is 1. The molecule has 7 nitrogen and oxygen atoms in total. The normalized spacial score (nSPS) is 13.0. The number of fused-ring (bicyclic) bond motifs is 1. The molecule has 1 aromatic heterocycles. The summed E-state index contributed by atoms with van der Waals surface area (Å²) in [6, 6.07) is 7.32. The monoisotopic (exact) mass is 296 g/mol. The molecule has 2 aromatic rings. The van der Waals surface area contributed by atoms with Gasteiger partial charge in [0.25, 0.3) is 5.91 Å². The highest BCUT2D eigenvalue weighted by molar-refractivity contribution is 6.00. The number of rotatable bonds is 3. The van der Waals surface area contributed by atoms with Crippen LogP contribution < -0.4 is 15.2 Å². The van der Waals surface area contributed by atoms with Gasteiger partial charge in [-0.2, -0.15) is 5.26 Å². The van der Waals surface area contributed by atoms with Gasteiger partial charge in [-0.05, 0) is 18.2 Å². The lowest BCUT2D eigenvalue weighted by molar-refractivity contribution is -0.114. The maximum Gasteiger partial charge on any atom is 0.259 e. The second-order valence-electron chi connectivity index (χ2n) is 4.66. The molecule has 0 atom stereocenters. The van der Waals surface area contributed by atoms with Gasteiger partial charge in [-0.25, -0.2) is 4.98 Å². The van der Waals surface area contributed by atoms with E-state index in [2.05, 4.69) is 4.98 Å². The lowest BCUT2D eigenvalue weighted by atomic mass is 10.1. The highest BCUT2D eigenvalue weighted by Gasteiger charge is 2.16. The fourth-order valence-electron chi connectivity index (χ4n) is 2.17. The van der Waals surface area contributed by atoms with Crippen molar-refractivity contribution in [2.24, 2.45) is 12.8 Å². The minimum atomic E-state index is -0.782. The molecule has 0 bridgehead atoms. The Hall–Kier alpha value is -3.27. The standard InChI is InChI=1S/C15H12N4O3/c1-19-11(7-18-14(19)5-10(6-16)15(17)20)9-2-3-12-13(4-9)22-8-21-12/h2-5,7H,8H2,1H3,(H2,17,20)/b10-5-. The first kappa shape index (κ1) is 13.7. The van der Waals surface area contributed by atoms with Crippen molar-refractivity contribution in [2.75, 3.05) is 6.79 Å². The van der Waals surface area contributed by atoms with Crippen LogP contribution in [0.1, 0.15) is 5.82 Å². The second-order valence-corrected chi connectivity index (χ2v) is 4.66. The predicted octanol–water partition coefficient (Wildman–Crippen LogP) is 1.21. The molecule has 1 amide bonds. The number of nitriles is 1. The molecule has 7 heteroatoms. The number of ether oxygens (including phenoxy) is 2. The van der Waals surface area contributed by atoms with E-state index in [9.17, 15) is 4.79 Å². The summed E-state index contributed by atoms with van der Waals surface area (Å²) >= 11 is 0. The third-order valence-corrected chi connectivity index (χ3v) is 3.35. The highest BCUT2D eigenvalue weighted by Crippen LogP contribution is 2.35. The molecule has 2 N–H and O–H groups in total. The maximum atomic E-state index is 11.1. The Labute approximate surface area is 126 Å². The molecule has 0 unspecified atom stereocenters. The molecule has 110 valence electrons. The summed E-state index contributed by atoms with van der Waals surface area (Å²) in [5.74, 6) is 1.05. The Morgan fingerprint density at radius 1 is 1.45 bits per heavy atom. The third kappa shape index (κ3) is 2.27. The SMILES string of the molecule is Cn1c(-c2ccc3c(c2)OCO3)cnc1/C=C(/C#N)C(N)=O. The molecule has 1 aromatic carbocycles. The summed E-state index contributed by atoms with van der Waals surface area (Å²) in [4.78, 5) is 15.3. The zero-order valence-corrected chi connectivity index (χ0v) is 11.7. The van der Waals surface area contributed by atoms with E-state index < -0.39 is 5.91 Å². The van der Waals surface area contributed by atoms with Gasteiger partial charge in [-0.3, -0.25) is 4.79 Å². The lowest BCUT2D eigenvalue weighted by Gasteiger charge is -2.05. The fourth-order valence-corrected chi connectivity index (χ4v) is 2.17. The van der Waals surface area contributed by atoms with E-state index in [1.54, 1.807) is 23.9 Å². The van der Waals surface area contributed by atoms with E-state index in [-0.39, 0.29) is 12.4 Å². The number of primary amides is 1. The van der Waals surface area contributed by atoms with E-state index in [1.807, 2.05) is 18.2 Å². The Kier molecular flexibility index (Phi) is 3.27. The zero-order chi connectivity index (χ0) is 15.7. The number of nitrogens with zero attached hydrogens (tertiary/aromatic N) is 3. The quantitative estimate of drug-likeness (QED) is 0.677. The first-order chi connectivity index (χ1) is 10.6. The molecular weight excluding hydrogens is 284 g/mol. The summed E-state index contributed by atoms with van der Waals surface area (Å²) in [6.45, 7) is 0.211. The van der Waals surface area contributed by atoms with E-state index >= 15 is 0 Å². The lowest BCUT2D eigenvalue weighted by Crippen LogP contribution is -2.12. The minimum Gasteiger partial charge on any atom is -0.454 e. The van der Waals surface area contributed by atoms with Gasteiger partial charge in [0.1, 0.15) is 17.5 Å². The molecule has 0 saturated heterocycles. The molecule has 1 aliphatic heterocycles. The molecular formula is C15H12N4O3. The summed E-state index contributed by atoms with van der Waals surface area (Å²) in [5.41, 5.74) is 6.68. The number of imidazole rings is 1. The van der Waals surface area contributed by atoms with Gasteiger partial charge in [0, 0.05) is 18.7 Å². The van der Waals surface area contributed by atoms with E-state index in [0.29, 0.717) is 17.3 Å². The number of aromatic nitrogens is 2. The summed E-state index contributed by atoms with van der Waals surface area (Å²) in [5, 5.41) is 8.89. The Balaban J connectivity index is 2.01. The van der Waals surface area contributed by atoms with Crippen LogP contribution in [-0.4, -0.2) is 22.3 Å². The van der Waals surface area contributed by atoms with Gasteiger partial charge in [-0.1, -0.05) is 0 Å². The number of hydrogen-bond donors (Lipinski definition) is 1. The van der Waals surface area contributed by atoms with Crippen molar-refractivity contribution in [3.63, 3.8) is 0 Å². The van der Waals surface area contributed by atoms with Crippen molar-refractivity contribution in [1.82, 2.24) is 9.55 Å². The first-order valence-electron chi connectivity index (χ1n) is 6.43. The topological polar surface area (TPSA) is 103 Å². The minimum absolute atomic E-state index is 0.147. The van der Waals surface area contributed by atoms with Crippen molar-refractivity contribution >= 4 is 12.0 Å². The van der Waals surface area contributed by atoms with Crippen molar-refractivity contribution in [3.8, 4) is 28.8 Å².